The highest BCUT2D eigenvalue weighted by atomic mass is 16.5. The summed E-state index contributed by atoms with van der Waals surface area (Å²) in [6.07, 6.45) is 0. The summed E-state index contributed by atoms with van der Waals surface area (Å²) in [5.74, 6) is 1.57. The van der Waals surface area contributed by atoms with Crippen LogP contribution in [-0.4, -0.2) is 21.3 Å². The molecule has 1 heterocycles. The van der Waals surface area contributed by atoms with Crippen molar-refractivity contribution in [2.45, 2.75) is 39.8 Å². The molecule has 126 valence electrons. The van der Waals surface area contributed by atoms with Crippen LogP contribution in [0.3, 0.4) is 0 Å². The van der Waals surface area contributed by atoms with Crippen molar-refractivity contribution in [2.24, 2.45) is 0 Å². The van der Waals surface area contributed by atoms with Gasteiger partial charge < -0.3 is 14.4 Å². The van der Waals surface area contributed by atoms with E-state index in [-0.39, 0.29) is 0 Å². The first-order valence-corrected chi connectivity index (χ1v) is 8.25. The van der Waals surface area contributed by atoms with Crippen LogP contribution in [0, 0.1) is 13.8 Å². The number of para-hydroxylation sites is 2. The summed E-state index contributed by atoms with van der Waals surface area (Å²) >= 11 is 0. The van der Waals surface area contributed by atoms with Crippen molar-refractivity contribution in [3.8, 4) is 5.75 Å². The monoisotopic (exact) mass is 324 g/mol. The summed E-state index contributed by atoms with van der Waals surface area (Å²) in [5, 5.41) is 10.4. The summed E-state index contributed by atoms with van der Waals surface area (Å²) < 4.78 is 8.02. The minimum absolute atomic E-state index is 0.522. The van der Waals surface area contributed by atoms with E-state index >= 15 is 0 Å². The maximum absolute atomic E-state index is 10.4. The molecule has 0 bridgehead atoms. The third kappa shape index (κ3) is 3.15. The summed E-state index contributed by atoms with van der Waals surface area (Å²) in [4.78, 5) is 4.60. The first kappa shape index (κ1) is 16.5. The Balaban J connectivity index is 1.86. The van der Waals surface area contributed by atoms with Gasteiger partial charge in [-0.3, -0.25) is 0 Å². The largest absolute Gasteiger partial charge is 0.491 e. The van der Waals surface area contributed by atoms with Crippen LogP contribution < -0.4 is 4.74 Å². The van der Waals surface area contributed by atoms with Gasteiger partial charge in [-0.1, -0.05) is 24.3 Å². The Morgan fingerprint density at radius 3 is 2.58 bits per heavy atom. The van der Waals surface area contributed by atoms with Crippen molar-refractivity contribution in [3.63, 3.8) is 0 Å². The van der Waals surface area contributed by atoms with E-state index < -0.39 is 5.60 Å². The topological polar surface area (TPSA) is 47.3 Å². The molecule has 0 amide bonds. The molecule has 0 unspecified atom stereocenters. The van der Waals surface area contributed by atoms with Gasteiger partial charge in [0.15, 0.2) is 0 Å². The minimum Gasteiger partial charge on any atom is -0.491 e. The van der Waals surface area contributed by atoms with Crippen LogP contribution in [-0.2, 0) is 12.1 Å². The van der Waals surface area contributed by atoms with Gasteiger partial charge in [0.25, 0.3) is 0 Å². The van der Waals surface area contributed by atoms with E-state index in [2.05, 4.69) is 24.9 Å². The van der Waals surface area contributed by atoms with E-state index in [1.807, 2.05) is 41.0 Å². The predicted octanol–water partition coefficient (Wildman–Crippen LogP) is 3.96. The maximum Gasteiger partial charge on any atom is 0.141 e. The van der Waals surface area contributed by atoms with Crippen molar-refractivity contribution < 1.29 is 9.84 Å². The van der Waals surface area contributed by atoms with Gasteiger partial charge in [-0.05, 0) is 57.0 Å². The number of rotatable bonds is 5. The number of hydrogen-bond donors (Lipinski definition) is 1. The van der Waals surface area contributed by atoms with Gasteiger partial charge in [0, 0.05) is 0 Å². The summed E-state index contributed by atoms with van der Waals surface area (Å²) in [5.41, 5.74) is 3.28. The number of aromatic nitrogens is 2. The van der Waals surface area contributed by atoms with E-state index in [1.165, 1.54) is 5.56 Å². The molecule has 3 rings (SSSR count). The number of nitrogens with zero attached hydrogens (tertiary/aromatic N) is 2. The molecule has 0 atom stereocenters. The SMILES string of the molecule is Cc1cccc(OCCn2c(C(C)(C)O)nc3ccccc32)c1C. The Hall–Kier alpha value is -2.33. The summed E-state index contributed by atoms with van der Waals surface area (Å²) in [6.45, 7) is 8.82. The lowest BCUT2D eigenvalue weighted by atomic mass is 10.1. The van der Waals surface area contributed by atoms with E-state index in [0.717, 1.165) is 22.3 Å². The molecule has 0 aliphatic carbocycles. The van der Waals surface area contributed by atoms with Gasteiger partial charge in [0.05, 0.1) is 17.6 Å². The van der Waals surface area contributed by atoms with Gasteiger partial charge >= 0.3 is 0 Å². The Kier molecular flexibility index (Phi) is 4.33. The Morgan fingerprint density at radius 1 is 1.08 bits per heavy atom. The quantitative estimate of drug-likeness (QED) is 0.773. The fourth-order valence-corrected chi connectivity index (χ4v) is 2.90. The highest BCUT2D eigenvalue weighted by Crippen LogP contribution is 2.25. The van der Waals surface area contributed by atoms with Crippen LogP contribution in [0.25, 0.3) is 11.0 Å². The Morgan fingerprint density at radius 2 is 1.83 bits per heavy atom. The molecule has 1 N–H and O–H groups in total. The lowest BCUT2D eigenvalue weighted by Gasteiger charge is -2.19. The van der Waals surface area contributed by atoms with Crippen LogP contribution in [0.2, 0.25) is 0 Å². The highest BCUT2D eigenvalue weighted by molar-refractivity contribution is 5.76. The maximum atomic E-state index is 10.4. The second-order valence-corrected chi connectivity index (χ2v) is 6.68. The third-order valence-electron chi connectivity index (χ3n) is 4.33. The zero-order chi connectivity index (χ0) is 17.3. The molecule has 0 aliphatic heterocycles. The van der Waals surface area contributed by atoms with Gasteiger partial charge in [0.1, 0.15) is 23.8 Å². The number of benzene rings is 2. The number of aliphatic hydroxyl groups is 1. The number of fused-ring (bicyclic) bond motifs is 1. The normalized spacial score (nSPS) is 11.9. The highest BCUT2D eigenvalue weighted by Gasteiger charge is 2.24. The zero-order valence-corrected chi connectivity index (χ0v) is 14.7. The Labute approximate surface area is 142 Å². The summed E-state index contributed by atoms with van der Waals surface area (Å²) in [7, 11) is 0. The molecule has 0 saturated carbocycles. The van der Waals surface area contributed by atoms with Crippen LogP contribution in [0.5, 0.6) is 5.75 Å². The number of aryl methyl sites for hydroxylation is 1. The minimum atomic E-state index is -1.00. The fraction of sp³-hybridized carbons (Fsp3) is 0.350. The smallest absolute Gasteiger partial charge is 0.141 e. The molecule has 24 heavy (non-hydrogen) atoms. The third-order valence-corrected chi connectivity index (χ3v) is 4.33. The van der Waals surface area contributed by atoms with Crippen molar-refractivity contribution in [1.82, 2.24) is 9.55 Å². The van der Waals surface area contributed by atoms with Crippen molar-refractivity contribution in [2.75, 3.05) is 6.61 Å². The van der Waals surface area contributed by atoms with Gasteiger partial charge in [-0.25, -0.2) is 4.98 Å². The molecule has 0 saturated heterocycles. The predicted molar refractivity (Wildman–Crippen MR) is 96.4 cm³/mol. The molecule has 2 aromatic carbocycles. The molecule has 3 aromatic rings. The molecule has 4 nitrogen and oxygen atoms in total. The number of ether oxygens (including phenoxy) is 1. The van der Waals surface area contributed by atoms with Gasteiger partial charge in [-0.15, -0.1) is 0 Å². The number of hydrogen-bond acceptors (Lipinski definition) is 3. The lowest BCUT2D eigenvalue weighted by Crippen LogP contribution is -2.23. The van der Waals surface area contributed by atoms with Gasteiger partial charge in [-0.2, -0.15) is 0 Å². The van der Waals surface area contributed by atoms with Crippen molar-refractivity contribution >= 4 is 11.0 Å². The van der Waals surface area contributed by atoms with E-state index in [4.69, 9.17) is 4.74 Å². The first-order chi connectivity index (χ1) is 11.4. The standard InChI is InChI=1S/C20H24N2O2/c1-14-8-7-11-18(15(14)2)24-13-12-22-17-10-6-5-9-16(17)21-19(22)20(3,4)23/h5-11,23H,12-13H2,1-4H3. The molecule has 0 spiro atoms. The zero-order valence-electron chi connectivity index (χ0n) is 14.7. The lowest BCUT2D eigenvalue weighted by molar-refractivity contribution is 0.0644. The van der Waals surface area contributed by atoms with E-state index in [1.54, 1.807) is 13.8 Å². The van der Waals surface area contributed by atoms with Crippen LogP contribution in [0.15, 0.2) is 42.5 Å². The van der Waals surface area contributed by atoms with E-state index in [0.29, 0.717) is 19.0 Å². The van der Waals surface area contributed by atoms with Gasteiger partial charge in [0.2, 0.25) is 0 Å². The van der Waals surface area contributed by atoms with Crippen LogP contribution >= 0.6 is 0 Å². The number of imidazole rings is 1. The summed E-state index contributed by atoms with van der Waals surface area (Å²) in [6, 6.07) is 14.0. The molecular weight excluding hydrogens is 300 g/mol. The van der Waals surface area contributed by atoms with E-state index in [9.17, 15) is 5.11 Å². The van der Waals surface area contributed by atoms with Crippen molar-refractivity contribution in [1.29, 1.82) is 0 Å². The average Bonchev–Trinajstić information content (AvgIpc) is 2.91. The second kappa shape index (κ2) is 6.29. The molecule has 1 aromatic heterocycles. The fourth-order valence-electron chi connectivity index (χ4n) is 2.90. The molecule has 0 aliphatic rings. The van der Waals surface area contributed by atoms with Crippen LogP contribution in [0.1, 0.15) is 30.8 Å². The molecule has 0 radical (unpaired) electrons. The first-order valence-electron chi connectivity index (χ1n) is 8.25. The van der Waals surface area contributed by atoms with Crippen LogP contribution in [0.4, 0.5) is 0 Å². The molecule has 0 fully saturated rings. The second-order valence-electron chi connectivity index (χ2n) is 6.68. The molecular formula is C20H24N2O2. The van der Waals surface area contributed by atoms with Crippen molar-refractivity contribution in [3.05, 3.63) is 59.4 Å². The molecule has 4 heteroatoms. The average molecular weight is 324 g/mol. The Bertz CT molecular complexity index is 860.